The number of halogens is 3. The van der Waals surface area contributed by atoms with Crippen LogP contribution in [0.15, 0.2) is 53.9 Å². The molecule has 220 valence electrons. The Morgan fingerprint density at radius 3 is 2.38 bits per heavy atom. The number of aromatic nitrogens is 2. The number of rotatable bonds is 8. The second kappa shape index (κ2) is 10.6. The Balaban J connectivity index is 1.40. The Morgan fingerprint density at radius 2 is 1.71 bits per heavy atom. The summed E-state index contributed by atoms with van der Waals surface area (Å²) in [6.07, 6.45) is 4.23. The van der Waals surface area contributed by atoms with Crippen molar-refractivity contribution in [3.63, 3.8) is 0 Å². The maximum absolute atomic E-state index is 15.6. The van der Waals surface area contributed by atoms with Gasteiger partial charge in [0.15, 0.2) is 11.6 Å². The number of hydrogen-bond acceptors (Lipinski definition) is 7. The zero-order chi connectivity index (χ0) is 29.9. The molecule has 0 unspecified atom stereocenters. The molecule has 1 heterocycles. The zero-order valence-electron chi connectivity index (χ0n) is 23.9. The van der Waals surface area contributed by atoms with Gasteiger partial charge in [0, 0.05) is 48.9 Å². The number of carbonyl (C=O) groups is 1. The van der Waals surface area contributed by atoms with E-state index in [-0.39, 0.29) is 29.3 Å². The van der Waals surface area contributed by atoms with Gasteiger partial charge in [-0.05, 0) is 86.3 Å². The predicted molar refractivity (Wildman–Crippen MR) is 147 cm³/mol. The van der Waals surface area contributed by atoms with Crippen LogP contribution in [0.5, 0.6) is 5.75 Å². The molecule has 2 bridgehead atoms. The van der Waals surface area contributed by atoms with Crippen LogP contribution in [0.3, 0.4) is 0 Å². The number of alkyl halides is 2. The Kier molecular flexibility index (Phi) is 7.19. The second-order valence-corrected chi connectivity index (χ2v) is 11.4. The predicted octanol–water partition coefficient (Wildman–Crippen LogP) is 6.67. The maximum atomic E-state index is 15.6. The van der Waals surface area contributed by atoms with E-state index in [0.717, 1.165) is 16.7 Å². The van der Waals surface area contributed by atoms with E-state index >= 15 is 4.39 Å². The van der Waals surface area contributed by atoms with Crippen LogP contribution in [-0.2, 0) is 26.2 Å². The lowest BCUT2D eigenvalue weighted by Gasteiger charge is -2.27. The summed E-state index contributed by atoms with van der Waals surface area (Å²) in [4.78, 5) is 22.3. The largest absolute Gasteiger partial charge is 0.435 e. The highest BCUT2D eigenvalue weighted by Crippen LogP contribution is 2.62. The summed E-state index contributed by atoms with van der Waals surface area (Å²) >= 11 is 0. The van der Waals surface area contributed by atoms with Crippen LogP contribution in [0, 0.1) is 11.7 Å². The highest BCUT2D eigenvalue weighted by Gasteiger charge is 2.50. The second-order valence-electron chi connectivity index (χ2n) is 11.4. The van der Waals surface area contributed by atoms with E-state index in [1.165, 1.54) is 26.4 Å². The monoisotopic (exact) mass is 580 g/mol. The van der Waals surface area contributed by atoms with Crippen molar-refractivity contribution >= 4 is 5.78 Å². The molecule has 0 aliphatic heterocycles. The minimum Gasteiger partial charge on any atom is -0.435 e. The molecule has 1 saturated carbocycles. The van der Waals surface area contributed by atoms with Crippen LogP contribution in [0.1, 0.15) is 71.9 Å². The van der Waals surface area contributed by atoms with Gasteiger partial charge in [-0.25, -0.2) is 14.4 Å². The highest BCUT2D eigenvalue weighted by molar-refractivity contribution is 6.11. The standard InChI is InChI=1S/C32H31F3N2O5/c1-15-19-11-23(27-18(28(15)38)7-6-8-25(27)41-30(34)35)26-21-12-20(24(33)10-16(21)9-22(19)26)17-13-36-29(37-14-17)32(2,3)42-31(39-4)40-5/h6-8,10,12-14,22-23,26,30-31H,9,11H2,1-5H3/t22-,23-,26-/m0/s1. The zero-order valence-corrected chi connectivity index (χ0v) is 23.9. The first-order valence-corrected chi connectivity index (χ1v) is 13.7. The number of fused-ring (bicyclic) bond motifs is 9. The van der Waals surface area contributed by atoms with E-state index in [0.29, 0.717) is 46.5 Å². The van der Waals surface area contributed by atoms with E-state index in [9.17, 15) is 13.6 Å². The normalized spacial score (nSPS) is 21.1. The summed E-state index contributed by atoms with van der Waals surface area (Å²) in [5.41, 5.74) is 4.19. The minimum atomic E-state index is -3.02. The number of nitrogens with zero attached hydrogens (tertiary/aromatic N) is 2. The molecule has 3 aromatic rings. The van der Waals surface area contributed by atoms with Gasteiger partial charge in [0.2, 0.25) is 0 Å². The van der Waals surface area contributed by atoms with Gasteiger partial charge >= 0.3 is 6.61 Å². The first-order valence-electron chi connectivity index (χ1n) is 13.7. The van der Waals surface area contributed by atoms with Gasteiger partial charge < -0.3 is 18.9 Å². The molecule has 1 aromatic heterocycles. The molecular formula is C32H31F3N2O5. The Hall–Kier alpha value is -3.60. The summed E-state index contributed by atoms with van der Waals surface area (Å²) < 4.78 is 63.4. The lowest BCUT2D eigenvalue weighted by molar-refractivity contribution is -0.308. The van der Waals surface area contributed by atoms with Crippen molar-refractivity contribution in [2.45, 2.75) is 64.1 Å². The molecule has 0 radical (unpaired) electrons. The third-order valence-electron chi connectivity index (χ3n) is 8.78. The Morgan fingerprint density at radius 1 is 1.00 bits per heavy atom. The van der Waals surface area contributed by atoms with Gasteiger partial charge in [0.25, 0.3) is 6.48 Å². The van der Waals surface area contributed by atoms with Crippen molar-refractivity contribution in [3.8, 4) is 16.9 Å². The SMILES string of the molecule is COC(OC)OC(C)(C)c1ncc(-c2cc3c(cc2F)C[C@H]2C4=C(C)C(=O)c5cccc(OC(F)F)c5[C@@H](C4)[C@@H]32)cn1. The van der Waals surface area contributed by atoms with Crippen molar-refractivity contribution in [2.75, 3.05) is 14.2 Å². The van der Waals surface area contributed by atoms with Crippen LogP contribution < -0.4 is 4.74 Å². The average Bonchev–Trinajstić information content (AvgIpc) is 3.47. The first-order chi connectivity index (χ1) is 20.0. The van der Waals surface area contributed by atoms with Crippen molar-refractivity contribution < 1.29 is 36.9 Å². The molecule has 6 rings (SSSR count). The minimum absolute atomic E-state index is 0.0179. The highest BCUT2D eigenvalue weighted by atomic mass is 19.3. The molecule has 3 aliphatic rings. The van der Waals surface area contributed by atoms with Crippen molar-refractivity contribution in [1.82, 2.24) is 9.97 Å². The van der Waals surface area contributed by atoms with Gasteiger partial charge in [-0.3, -0.25) is 4.79 Å². The molecule has 3 atom stereocenters. The fourth-order valence-corrected chi connectivity index (χ4v) is 6.92. The number of ether oxygens (including phenoxy) is 4. The van der Waals surface area contributed by atoms with Crippen molar-refractivity contribution in [3.05, 3.63) is 87.8 Å². The molecule has 0 amide bonds. The molecule has 1 fully saturated rings. The van der Waals surface area contributed by atoms with E-state index < -0.39 is 24.5 Å². The van der Waals surface area contributed by atoms with Gasteiger partial charge in [-0.15, -0.1) is 0 Å². The fourth-order valence-electron chi connectivity index (χ4n) is 6.92. The summed E-state index contributed by atoms with van der Waals surface area (Å²) in [5.74, 6) is -0.607. The van der Waals surface area contributed by atoms with Crippen LogP contribution in [-0.4, -0.2) is 43.1 Å². The summed E-state index contributed by atoms with van der Waals surface area (Å²) in [6, 6.07) is 8.10. The van der Waals surface area contributed by atoms with Gasteiger partial charge in [-0.1, -0.05) is 17.7 Å². The van der Waals surface area contributed by atoms with Crippen molar-refractivity contribution in [1.29, 1.82) is 0 Å². The third kappa shape index (κ3) is 4.62. The average molecular weight is 581 g/mol. The molecule has 2 aromatic carbocycles. The third-order valence-corrected chi connectivity index (χ3v) is 8.78. The van der Waals surface area contributed by atoms with Crippen LogP contribution in [0.4, 0.5) is 13.2 Å². The van der Waals surface area contributed by atoms with E-state index in [2.05, 4.69) is 9.97 Å². The molecular weight excluding hydrogens is 549 g/mol. The number of methoxy groups -OCH3 is 2. The molecule has 42 heavy (non-hydrogen) atoms. The first kappa shape index (κ1) is 28.5. The summed E-state index contributed by atoms with van der Waals surface area (Å²) in [6.45, 7) is 1.41. The molecule has 10 heteroatoms. The molecule has 3 aliphatic carbocycles. The number of allylic oxidation sites excluding steroid dienone is 2. The van der Waals surface area contributed by atoms with E-state index in [1.807, 2.05) is 6.07 Å². The van der Waals surface area contributed by atoms with Crippen LogP contribution >= 0.6 is 0 Å². The molecule has 0 N–H and O–H groups in total. The lowest BCUT2D eigenvalue weighted by atomic mass is 9.78. The summed E-state index contributed by atoms with van der Waals surface area (Å²) in [5, 5.41) is 0. The number of benzene rings is 2. The number of ketones is 1. The molecule has 0 spiro atoms. The van der Waals surface area contributed by atoms with E-state index in [1.54, 1.807) is 45.3 Å². The Bertz CT molecular complexity index is 1580. The van der Waals surface area contributed by atoms with Crippen LogP contribution in [0.2, 0.25) is 0 Å². The maximum Gasteiger partial charge on any atom is 0.387 e. The summed E-state index contributed by atoms with van der Waals surface area (Å²) in [7, 11) is 2.91. The van der Waals surface area contributed by atoms with Crippen LogP contribution in [0.25, 0.3) is 11.1 Å². The van der Waals surface area contributed by atoms with Gasteiger partial charge in [0.1, 0.15) is 17.2 Å². The lowest BCUT2D eigenvalue weighted by Crippen LogP contribution is -2.32. The fraction of sp³-hybridized carbons (Fsp3) is 0.406. The molecule has 0 saturated heterocycles. The topological polar surface area (TPSA) is 79.8 Å². The smallest absolute Gasteiger partial charge is 0.387 e. The van der Waals surface area contributed by atoms with Gasteiger partial charge in [-0.2, -0.15) is 8.78 Å². The number of Topliss-reactive ketones (excluding diaryl/α,β-unsaturated/α-hetero) is 1. The quantitative estimate of drug-likeness (QED) is 0.276. The van der Waals surface area contributed by atoms with Gasteiger partial charge in [0.05, 0.1) is 0 Å². The number of carbonyl (C=O) groups excluding carboxylic acids is 1. The number of hydrogen-bond donors (Lipinski definition) is 0. The molecule has 7 nitrogen and oxygen atoms in total. The Labute approximate surface area is 241 Å². The van der Waals surface area contributed by atoms with Crippen molar-refractivity contribution in [2.24, 2.45) is 5.92 Å². The van der Waals surface area contributed by atoms with E-state index in [4.69, 9.17) is 18.9 Å².